The Morgan fingerprint density at radius 2 is 1.67 bits per heavy atom. The van der Waals surface area contributed by atoms with Crippen LogP contribution in [0.15, 0.2) is 36.4 Å². The van der Waals surface area contributed by atoms with Gasteiger partial charge in [-0.05, 0) is 45.0 Å². The second-order valence-electron chi connectivity index (χ2n) is 7.63. The lowest BCUT2D eigenvalue weighted by Crippen LogP contribution is -2.47. The molecule has 7 heteroatoms. The topological polar surface area (TPSA) is 70.6 Å². The average Bonchev–Trinajstić information content (AvgIpc) is 2.67. The third-order valence-corrected chi connectivity index (χ3v) is 4.40. The van der Waals surface area contributed by atoms with E-state index in [2.05, 4.69) is 31.4 Å². The zero-order valence-electron chi connectivity index (χ0n) is 16.4. The number of hydrogen-bond donors (Lipinski definition) is 1. The minimum Gasteiger partial charge on any atom is -0.495 e. The summed E-state index contributed by atoms with van der Waals surface area (Å²) in [5, 5.41) is 11.3. The SMILES string of the molecule is COc1ccccc1N1CCN(c2ccc(C(=O)NC(C)(C)C)nn2)CC1. The second kappa shape index (κ2) is 7.82. The molecule has 1 aliphatic heterocycles. The van der Waals surface area contributed by atoms with Gasteiger partial charge in [-0.15, -0.1) is 10.2 Å². The molecule has 0 bridgehead atoms. The normalized spacial score (nSPS) is 14.8. The van der Waals surface area contributed by atoms with Gasteiger partial charge >= 0.3 is 0 Å². The standard InChI is InChI=1S/C20H27N5O2/c1-20(2,3)21-19(26)15-9-10-18(23-22-15)25-13-11-24(12-14-25)16-7-5-6-8-17(16)27-4/h5-10H,11-14H2,1-4H3,(H,21,26). The molecule has 2 heterocycles. The van der Waals surface area contributed by atoms with E-state index in [9.17, 15) is 4.79 Å². The molecule has 144 valence electrons. The lowest BCUT2D eigenvalue weighted by Gasteiger charge is -2.37. The Labute approximate surface area is 160 Å². The van der Waals surface area contributed by atoms with Crippen molar-refractivity contribution in [3.63, 3.8) is 0 Å². The van der Waals surface area contributed by atoms with E-state index < -0.39 is 0 Å². The van der Waals surface area contributed by atoms with Crippen LogP contribution in [0.4, 0.5) is 11.5 Å². The fourth-order valence-electron chi connectivity index (χ4n) is 3.09. The molecule has 0 unspecified atom stereocenters. The van der Waals surface area contributed by atoms with Crippen molar-refractivity contribution in [2.24, 2.45) is 0 Å². The highest BCUT2D eigenvalue weighted by Gasteiger charge is 2.22. The first kappa shape index (κ1) is 18.9. The highest BCUT2D eigenvalue weighted by atomic mass is 16.5. The number of nitrogens with zero attached hydrogens (tertiary/aromatic N) is 4. The van der Waals surface area contributed by atoms with Crippen LogP contribution < -0.4 is 19.9 Å². The van der Waals surface area contributed by atoms with E-state index in [0.717, 1.165) is 43.4 Å². The van der Waals surface area contributed by atoms with Crippen LogP contribution in [0.3, 0.4) is 0 Å². The van der Waals surface area contributed by atoms with E-state index in [4.69, 9.17) is 4.74 Å². The Morgan fingerprint density at radius 1 is 1.00 bits per heavy atom. The van der Waals surface area contributed by atoms with E-state index in [0.29, 0.717) is 5.69 Å². The van der Waals surface area contributed by atoms with Crippen molar-refractivity contribution in [1.82, 2.24) is 15.5 Å². The van der Waals surface area contributed by atoms with E-state index in [1.807, 2.05) is 45.0 Å². The molecular formula is C20H27N5O2. The number of para-hydroxylation sites is 2. The van der Waals surface area contributed by atoms with Gasteiger partial charge in [0.1, 0.15) is 5.75 Å². The van der Waals surface area contributed by atoms with Crippen LogP contribution in [0.2, 0.25) is 0 Å². The molecule has 0 atom stereocenters. The number of nitrogens with one attached hydrogen (secondary N) is 1. The summed E-state index contributed by atoms with van der Waals surface area (Å²) >= 11 is 0. The van der Waals surface area contributed by atoms with Gasteiger partial charge in [-0.25, -0.2) is 0 Å². The molecular weight excluding hydrogens is 342 g/mol. The molecule has 27 heavy (non-hydrogen) atoms. The lowest BCUT2D eigenvalue weighted by molar-refractivity contribution is 0.0913. The number of benzene rings is 1. The number of methoxy groups -OCH3 is 1. The Hall–Kier alpha value is -2.83. The lowest BCUT2D eigenvalue weighted by atomic mass is 10.1. The Morgan fingerprint density at radius 3 is 2.26 bits per heavy atom. The Kier molecular flexibility index (Phi) is 5.48. The number of aromatic nitrogens is 2. The first-order chi connectivity index (χ1) is 12.9. The van der Waals surface area contributed by atoms with Crippen LogP contribution in [0.5, 0.6) is 5.75 Å². The smallest absolute Gasteiger partial charge is 0.272 e. The molecule has 1 aromatic heterocycles. The van der Waals surface area contributed by atoms with Crippen molar-refractivity contribution in [2.75, 3.05) is 43.1 Å². The van der Waals surface area contributed by atoms with Gasteiger partial charge in [-0.2, -0.15) is 0 Å². The number of amides is 1. The van der Waals surface area contributed by atoms with Crippen LogP contribution in [0, 0.1) is 0 Å². The van der Waals surface area contributed by atoms with Crippen LogP contribution in [-0.2, 0) is 0 Å². The minimum absolute atomic E-state index is 0.206. The van der Waals surface area contributed by atoms with Crippen molar-refractivity contribution in [2.45, 2.75) is 26.3 Å². The van der Waals surface area contributed by atoms with Crippen molar-refractivity contribution < 1.29 is 9.53 Å². The first-order valence-corrected chi connectivity index (χ1v) is 9.16. The van der Waals surface area contributed by atoms with Gasteiger partial charge in [-0.1, -0.05) is 12.1 Å². The van der Waals surface area contributed by atoms with Crippen LogP contribution in [-0.4, -0.2) is 54.9 Å². The van der Waals surface area contributed by atoms with Crippen LogP contribution >= 0.6 is 0 Å². The van der Waals surface area contributed by atoms with E-state index >= 15 is 0 Å². The summed E-state index contributed by atoms with van der Waals surface area (Å²) in [7, 11) is 1.70. The number of anilines is 2. The maximum atomic E-state index is 12.2. The quantitative estimate of drug-likeness (QED) is 0.892. The highest BCUT2D eigenvalue weighted by Crippen LogP contribution is 2.28. The fraction of sp³-hybridized carbons (Fsp3) is 0.450. The Balaban J connectivity index is 1.62. The number of ether oxygens (including phenoxy) is 1. The number of rotatable bonds is 4. The third kappa shape index (κ3) is 4.67. The summed E-state index contributed by atoms with van der Waals surface area (Å²) in [5.74, 6) is 1.48. The van der Waals surface area contributed by atoms with Crippen molar-refractivity contribution >= 4 is 17.4 Å². The number of carbonyl (C=O) groups is 1. The maximum absolute atomic E-state index is 12.2. The van der Waals surface area contributed by atoms with Gasteiger partial charge in [-0.3, -0.25) is 4.79 Å². The molecule has 7 nitrogen and oxygen atoms in total. The maximum Gasteiger partial charge on any atom is 0.272 e. The summed E-state index contributed by atoms with van der Waals surface area (Å²) in [5.41, 5.74) is 1.15. The predicted molar refractivity (Wildman–Crippen MR) is 107 cm³/mol. The molecule has 1 aromatic carbocycles. The second-order valence-corrected chi connectivity index (χ2v) is 7.63. The van der Waals surface area contributed by atoms with E-state index in [-0.39, 0.29) is 11.4 Å². The van der Waals surface area contributed by atoms with Gasteiger partial charge in [0, 0.05) is 31.7 Å². The number of hydrogen-bond acceptors (Lipinski definition) is 6. The van der Waals surface area contributed by atoms with Gasteiger partial charge in [0.05, 0.1) is 12.8 Å². The molecule has 1 amide bonds. The largest absolute Gasteiger partial charge is 0.495 e. The molecule has 1 aliphatic rings. The average molecular weight is 369 g/mol. The van der Waals surface area contributed by atoms with Gasteiger partial charge < -0.3 is 19.9 Å². The van der Waals surface area contributed by atoms with Gasteiger partial charge in [0.2, 0.25) is 0 Å². The molecule has 0 spiro atoms. The molecule has 0 saturated carbocycles. The molecule has 0 radical (unpaired) electrons. The van der Waals surface area contributed by atoms with E-state index in [1.54, 1.807) is 13.2 Å². The molecule has 1 N–H and O–H groups in total. The number of carbonyl (C=O) groups excluding carboxylic acids is 1. The zero-order valence-corrected chi connectivity index (χ0v) is 16.4. The summed E-state index contributed by atoms with van der Waals surface area (Å²) in [6, 6.07) is 11.7. The zero-order chi connectivity index (χ0) is 19.4. The van der Waals surface area contributed by atoms with Crippen LogP contribution in [0.1, 0.15) is 31.3 Å². The third-order valence-electron chi connectivity index (χ3n) is 4.40. The minimum atomic E-state index is -0.299. The molecule has 1 saturated heterocycles. The van der Waals surface area contributed by atoms with Crippen LogP contribution in [0.25, 0.3) is 0 Å². The van der Waals surface area contributed by atoms with Crippen molar-refractivity contribution in [3.05, 3.63) is 42.1 Å². The first-order valence-electron chi connectivity index (χ1n) is 9.16. The predicted octanol–water partition coefficient (Wildman–Crippen LogP) is 2.34. The summed E-state index contributed by atoms with van der Waals surface area (Å²) in [4.78, 5) is 16.7. The van der Waals surface area contributed by atoms with E-state index in [1.165, 1.54) is 0 Å². The number of piperazine rings is 1. The molecule has 3 rings (SSSR count). The van der Waals surface area contributed by atoms with Gasteiger partial charge in [0.15, 0.2) is 11.5 Å². The summed E-state index contributed by atoms with van der Waals surface area (Å²) in [6.07, 6.45) is 0. The van der Waals surface area contributed by atoms with Crippen molar-refractivity contribution in [1.29, 1.82) is 0 Å². The summed E-state index contributed by atoms with van der Waals surface area (Å²) < 4.78 is 5.46. The fourth-order valence-corrected chi connectivity index (χ4v) is 3.09. The summed E-state index contributed by atoms with van der Waals surface area (Å²) in [6.45, 7) is 9.22. The monoisotopic (exact) mass is 369 g/mol. The molecule has 0 aliphatic carbocycles. The highest BCUT2D eigenvalue weighted by molar-refractivity contribution is 5.92. The molecule has 1 fully saturated rings. The molecule has 2 aromatic rings. The Bertz CT molecular complexity index is 778. The van der Waals surface area contributed by atoms with Crippen molar-refractivity contribution in [3.8, 4) is 5.75 Å². The van der Waals surface area contributed by atoms with Gasteiger partial charge in [0.25, 0.3) is 5.91 Å².